The summed E-state index contributed by atoms with van der Waals surface area (Å²) < 4.78 is 38.5. The lowest BCUT2D eigenvalue weighted by molar-refractivity contribution is 0.610. The van der Waals surface area contributed by atoms with Crippen LogP contribution in [-0.2, 0) is 0 Å². The van der Waals surface area contributed by atoms with Crippen LogP contribution in [-0.4, -0.2) is 15.0 Å². The summed E-state index contributed by atoms with van der Waals surface area (Å²) in [6.07, 6.45) is 7.90. The van der Waals surface area contributed by atoms with Crippen molar-refractivity contribution in [1.82, 2.24) is 15.0 Å². The molecule has 0 fully saturated rings. The Morgan fingerprint density at radius 1 is 0.828 bits per heavy atom. The van der Waals surface area contributed by atoms with Gasteiger partial charge in [-0.2, -0.15) is 0 Å². The minimum Gasteiger partial charge on any atom is -0.273 e. The van der Waals surface area contributed by atoms with Crippen LogP contribution in [0.4, 0.5) is 23.6 Å². The van der Waals surface area contributed by atoms with Crippen molar-refractivity contribution < 1.29 is 17.9 Å². The van der Waals surface area contributed by atoms with Gasteiger partial charge in [-0.15, -0.1) is 0 Å². The summed E-state index contributed by atoms with van der Waals surface area (Å²) in [6, 6.07) is 1.35. The standard InChI is InChI=1S/C7H5FN2.C6H5BrFN.C5H3BrFN.CH4.FH/c1-5-6(8)3-10-4-7(5)9-2;1-4-5(7)2-9-3-6(4)8;6-4-1-5(7)3-8-2-4;;/h3-4H,1H3;2-3H,1H3;1-3H;1H4;1H. The third-order valence-corrected chi connectivity index (χ3v) is 4.24. The third-order valence-electron chi connectivity index (χ3n) is 3.01. The van der Waals surface area contributed by atoms with E-state index in [2.05, 4.69) is 51.7 Å². The van der Waals surface area contributed by atoms with E-state index in [1.165, 1.54) is 24.7 Å². The highest BCUT2D eigenvalue weighted by Gasteiger charge is 2.01. The van der Waals surface area contributed by atoms with E-state index in [1.807, 2.05) is 0 Å². The Morgan fingerprint density at radius 3 is 1.72 bits per heavy atom. The van der Waals surface area contributed by atoms with Crippen molar-refractivity contribution in [3.63, 3.8) is 0 Å². The fourth-order valence-electron chi connectivity index (χ4n) is 1.46. The average molecular weight is 538 g/mol. The highest BCUT2D eigenvalue weighted by molar-refractivity contribution is 9.10. The predicted molar refractivity (Wildman–Crippen MR) is 113 cm³/mol. The van der Waals surface area contributed by atoms with Gasteiger partial charge in [0.25, 0.3) is 0 Å². The second-order valence-electron chi connectivity index (χ2n) is 4.93. The van der Waals surface area contributed by atoms with Gasteiger partial charge in [0, 0.05) is 33.1 Å². The number of nitrogens with zero attached hydrogens (tertiary/aromatic N) is 4. The first kappa shape index (κ1) is 28.8. The topological polar surface area (TPSA) is 43.0 Å². The van der Waals surface area contributed by atoms with Crippen molar-refractivity contribution in [1.29, 1.82) is 0 Å². The highest BCUT2D eigenvalue weighted by Crippen LogP contribution is 2.18. The average Bonchev–Trinajstić information content (AvgIpc) is 2.63. The maximum Gasteiger partial charge on any atom is 0.210 e. The Balaban J connectivity index is 0. The van der Waals surface area contributed by atoms with Gasteiger partial charge in [0.2, 0.25) is 5.69 Å². The van der Waals surface area contributed by atoms with E-state index in [9.17, 15) is 13.2 Å². The second kappa shape index (κ2) is 14.6. The molecular weight excluding hydrogens is 520 g/mol. The molecule has 156 valence electrons. The van der Waals surface area contributed by atoms with Gasteiger partial charge in [0.15, 0.2) is 0 Å². The van der Waals surface area contributed by atoms with Gasteiger partial charge in [-0.25, -0.2) is 18.0 Å². The maximum absolute atomic E-state index is 12.6. The summed E-state index contributed by atoms with van der Waals surface area (Å²) in [5.41, 5.74) is 1.25. The Morgan fingerprint density at radius 2 is 1.34 bits per heavy atom. The number of halogens is 6. The number of rotatable bonds is 0. The zero-order valence-electron chi connectivity index (χ0n) is 14.6. The molecule has 0 aromatic carbocycles. The lowest BCUT2D eigenvalue weighted by atomic mass is 10.2. The lowest BCUT2D eigenvalue weighted by Gasteiger charge is -1.94. The highest BCUT2D eigenvalue weighted by atomic mass is 79.9. The Hall–Kier alpha value is -2.38. The number of aromatic nitrogens is 3. The fraction of sp³-hybridized carbons (Fsp3) is 0.158. The summed E-state index contributed by atoms with van der Waals surface area (Å²) in [5, 5.41) is 0. The first-order chi connectivity index (χ1) is 12.8. The first-order valence-electron chi connectivity index (χ1n) is 7.25. The molecule has 3 heterocycles. The molecule has 0 aliphatic rings. The molecule has 0 saturated carbocycles. The summed E-state index contributed by atoms with van der Waals surface area (Å²) in [6.45, 7) is 9.85. The Kier molecular flexibility index (Phi) is 14.5. The van der Waals surface area contributed by atoms with Crippen LogP contribution < -0.4 is 0 Å². The molecule has 0 N–H and O–H groups in total. The fourth-order valence-corrected chi connectivity index (χ4v) is 2.11. The van der Waals surface area contributed by atoms with E-state index >= 15 is 0 Å². The zero-order chi connectivity index (χ0) is 20.4. The molecule has 0 amide bonds. The molecule has 4 nitrogen and oxygen atoms in total. The van der Waals surface area contributed by atoms with Crippen LogP contribution in [0.1, 0.15) is 18.6 Å². The molecule has 0 spiro atoms. The van der Waals surface area contributed by atoms with Crippen molar-refractivity contribution in [2.24, 2.45) is 0 Å². The molecule has 3 rings (SSSR count). The van der Waals surface area contributed by atoms with Crippen molar-refractivity contribution in [3.8, 4) is 0 Å². The minimum atomic E-state index is -0.423. The van der Waals surface area contributed by atoms with Crippen LogP contribution in [0.2, 0.25) is 0 Å². The minimum absolute atomic E-state index is 0. The van der Waals surface area contributed by atoms with Crippen LogP contribution in [0.25, 0.3) is 4.85 Å². The largest absolute Gasteiger partial charge is 0.273 e. The summed E-state index contributed by atoms with van der Waals surface area (Å²) in [7, 11) is 0. The van der Waals surface area contributed by atoms with Crippen molar-refractivity contribution in [2.75, 3.05) is 0 Å². The summed E-state index contributed by atoms with van der Waals surface area (Å²) in [5.74, 6) is -1.02. The molecule has 0 aliphatic carbocycles. The Bertz CT molecular complexity index is 912. The maximum atomic E-state index is 12.6. The van der Waals surface area contributed by atoms with E-state index < -0.39 is 5.82 Å². The van der Waals surface area contributed by atoms with Crippen molar-refractivity contribution >= 4 is 37.5 Å². The molecule has 3 aromatic rings. The van der Waals surface area contributed by atoms with E-state index in [0.29, 0.717) is 20.1 Å². The van der Waals surface area contributed by atoms with Gasteiger partial charge in [-0.1, -0.05) is 7.43 Å². The number of hydrogen-bond acceptors (Lipinski definition) is 3. The van der Waals surface area contributed by atoms with Crippen LogP contribution in [0.15, 0.2) is 52.2 Å². The monoisotopic (exact) mass is 536 g/mol. The van der Waals surface area contributed by atoms with Gasteiger partial charge in [0.05, 0.1) is 25.2 Å². The summed E-state index contributed by atoms with van der Waals surface area (Å²) in [4.78, 5) is 13.8. The van der Waals surface area contributed by atoms with Crippen LogP contribution in [0.3, 0.4) is 0 Å². The number of hydrogen-bond donors (Lipinski definition) is 0. The van der Waals surface area contributed by atoms with Gasteiger partial charge in [0.1, 0.15) is 17.5 Å². The van der Waals surface area contributed by atoms with Gasteiger partial charge in [-0.05, 0) is 57.3 Å². The molecule has 0 bridgehead atoms. The van der Waals surface area contributed by atoms with Crippen molar-refractivity contribution in [3.05, 3.63) is 92.2 Å². The summed E-state index contributed by atoms with van der Waals surface area (Å²) >= 11 is 6.20. The molecule has 10 heteroatoms. The van der Waals surface area contributed by atoms with E-state index in [1.54, 1.807) is 20.0 Å². The molecule has 0 saturated heterocycles. The lowest BCUT2D eigenvalue weighted by Crippen LogP contribution is -1.84. The second-order valence-corrected chi connectivity index (χ2v) is 6.70. The van der Waals surface area contributed by atoms with Crippen LogP contribution in [0.5, 0.6) is 0 Å². The van der Waals surface area contributed by atoms with E-state index in [4.69, 9.17) is 6.57 Å². The molecule has 0 aliphatic heterocycles. The molecular formula is C19H18Br2F4N4. The molecule has 0 radical (unpaired) electrons. The van der Waals surface area contributed by atoms with Crippen LogP contribution in [0, 0.1) is 37.9 Å². The van der Waals surface area contributed by atoms with Gasteiger partial charge < -0.3 is 0 Å². The Labute approximate surface area is 183 Å². The SMILES string of the molecule is C.Cc1c(F)cncc1Br.F.Fc1cncc(Br)c1.[C-]#[N+]c1cncc(F)c1C. The number of pyridine rings is 3. The van der Waals surface area contributed by atoms with Gasteiger partial charge >= 0.3 is 0 Å². The van der Waals surface area contributed by atoms with E-state index in [-0.39, 0.29) is 29.5 Å². The molecule has 3 aromatic heterocycles. The molecule has 0 atom stereocenters. The zero-order valence-corrected chi connectivity index (χ0v) is 17.8. The van der Waals surface area contributed by atoms with Crippen molar-refractivity contribution in [2.45, 2.75) is 21.3 Å². The van der Waals surface area contributed by atoms with Gasteiger partial charge in [-0.3, -0.25) is 19.7 Å². The third kappa shape index (κ3) is 10.1. The van der Waals surface area contributed by atoms with E-state index in [0.717, 1.165) is 12.4 Å². The first-order valence-corrected chi connectivity index (χ1v) is 8.84. The molecule has 29 heavy (non-hydrogen) atoms. The quantitative estimate of drug-likeness (QED) is 0.226. The smallest absolute Gasteiger partial charge is 0.210 e. The molecule has 0 unspecified atom stereocenters. The normalized spacial score (nSPS) is 8.62. The predicted octanol–water partition coefficient (Wildman–Crippen LogP) is 7.14. The van der Waals surface area contributed by atoms with Crippen LogP contribution >= 0.6 is 31.9 Å².